The van der Waals surface area contributed by atoms with Crippen LogP contribution in [0.5, 0.6) is 0 Å². The van der Waals surface area contributed by atoms with Crippen LogP contribution in [0.2, 0.25) is 0 Å². The molecule has 1 aromatic carbocycles. The molecule has 0 bridgehead atoms. The second-order valence-electron chi connectivity index (χ2n) is 5.05. The zero-order chi connectivity index (χ0) is 13.2. The molecule has 1 aromatic rings. The Morgan fingerprint density at radius 3 is 2.41 bits per heavy atom. The smallest absolute Gasteiger partial charge is 0.254 e. The van der Waals surface area contributed by atoms with Crippen molar-refractivity contribution in [2.45, 2.75) is 39.7 Å². The Labute approximate surface area is 112 Å². The molecule has 0 heterocycles. The van der Waals surface area contributed by atoms with Crippen LogP contribution in [0, 0.1) is 6.92 Å². The molecule has 1 amide bonds. The number of aryl methyl sites for hydroxylation is 1. The first-order valence-corrected chi connectivity index (χ1v) is 6.62. The molecular weight excluding hydrogens is 278 g/mol. The first-order valence-electron chi connectivity index (χ1n) is 5.83. The van der Waals surface area contributed by atoms with Crippen LogP contribution in [0.4, 0.5) is 0 Å². The van der Waals surface area contributed by atoms with E-state index in [1.165, 1.54) is 0 Å². The number of carbonyl (C=O) groups excluding carboxylic acids is 1. The maximum absolute atomic E-state index is 12.4. The van der Waals surface area contributed by atoms with Crippen LogP contribution in [0.1, 0.15) is 43.1 Å². The highest BCUT2D eigenvalue weighted by Gasteiger charge is 2.26. The fourth-order valence-corrected chi connectivity index (χ4v) is 2.17. The standard InChI is InChI=1S/C14H20BrNO/c1-6-14(3,4)16(5)13(17)11-7-10(2)8-12(15)9-11/h7-9H,6H2,1-5H3. The molecule has 94 valence electrons. The summed E-state index contributed by atoms with van der Waals surface area (Å²) in [6.07, 6.45) is 0.933. The van der Waals surface area contributed by atoms with Crippen molar-refractivity contribution < 1.29 is 4.79 Å². The molecule has 0 radical (unpaired) electrons. The summed E-state index contributed by atoms with van der Waals surface area (Å²) in [6.45, 7) is 8.24. The number of amides is 1. The largest absolute Gasteiger partial charge is 0.337 e. The van der Waals surface area contributed by atoms with E-state index in [0.29, 0.717) is 0 Å². The van der Waals surface area contributed by atoms with E-state index in [-0.39, 0.29) is 11.4 Å². The highest BCUT2D eigenvalue weighted by molar-refractivity contribution is 9.10. The number of halogens is 1. The molecule has 0 aromatic heterocycles. The third-order valence-corrected chi connectivity index (χ3v) is 3.82. The minimum Gasteiger partial charge on any atom is -0.337 e. The van der Waals surface area contributed by atoms with Crippen LogP contribution in [0.25, 0.3) is 0 Å². The number of nitrogens with zero attached hydrogens (tertiary/aromatic N) is 1. The topological polar surface area (TPSA) is 20.3 Å². The van der Waals surface area contributed by atoms with Gasteiger partial charge in [0, 0.05) is 22.6 Å². The minimum atomic E-state index is -0.118. The van der Waals surface area contributed by atoms with E-state index in [1.54, 1.807) is 0 Å². The highest BCUT2D eigenvalue weighted by atomic mass is 79.9. The van der Waals surface area contributed by atoms with Crippen LogP contribution in [-0.4, -0.2) is 23.4 Å². The maximum Gasteiger partial charge on any atom is 0.254 e. The van der Waals surface area contributed by atoms with E-state index in [1.807, 2.05) is 37.1 Å². The average molecular weight is 298 g/mol. The molecule has 0 unspecified atom stereocenters. The predicted octanol–water partition coefficient (Wildman–Crippen LogP) is 4.02. The molecule has 0 N–H and O–H groups in total. The van der Waals surface area contributed by atoms with Gasteiger partial charge in [0.25, 0.3) is 5.91 Å². The lowest BCUT2D eigenvalue weighted by molar-refractivity contribution is 0.0620. The van der Waals surface area contributed by atoms with Crippen molar-refractivity contribution in [2.24, 2.45) is 0 Å². The summed E-state index contributed by atoms with van der Waals surface area (Å²) in [5, 5.41) is 0. The van der Waals surface area contributed by atoms with Gasteiger partial charge in [0.2, 0.25) is 0 Å². The van der Waals surface area contributed by atoms with Crippen LogP contribution in [0.15, 0.2) is 22.7 Å². The van der Waals surface area contributed by atoms with Gasteiger partial charge < -0.3 is 4.90 Å². The summed E-state index contributed by atoms with van der Waals surface area (Å²) in [4.78, 5) is 14.2. The van der Waals surface area contributed by atoms with E-state index < -0.39 is 0 Å². The predicted molar refractivity (Wildman–Crippen MR) is 75.3 cm³/mol. The van der Waals surface area contributed by atoms with Gasteiger partial charge in [-0.25, -0.2) is 0 Å². The van der Waals surface area contributed by atoms with Crippen molar-refractivity contribution >= 4 is 21.8 Å². The molecule has 1 rings (SSSR count). The van der Waals surface area contributed by atoms with E-state index in [2.05, 4.69) is 36.7 Å². The van der Waals surface area contributed by atoms with Crippen molar-refractivity contribution in [1.82, 2.24) is 4.90 Å². The zero-order valence-electron chi connectivity index (χ0n) is 11.2. The first-order chi connectivity index (χ1) is 7.77. The molecule has 0 aliphatic heterocycles. The summed E-state index contributed by atoms with van der Waals surface area (Å²) in [5.41, 5.74) is 1.71. The van der Waals surface area contributed by atoms with Crippen LogP contribution < -0.4 is 0 Å². The van der Waals surface area contributed by atoms with Gasteiger partial charge in [0.1, 0.15) is 0 Å². The Morgan fingerprint density at radius 2 is 1.94 bits per heavy atom. The van der Waals surface area contributed by atoms with Gasteiger partial charge in [0.15, 0.2) is 0 Å². The molecule has 0 atom stereocenters. The van der Waals surface area contributed by atoms with E-state index in [0.717, 1.165) is 22.0 Å². The summed E-state index contributed by atoms with van der Waals surface area (Å²) < 4.78 is 0.948. The number of carbonyl (C=O) groups is 1. The number of hydrogen-bond donors (Lipinski definition) is 0. The second kappa shape index (κ2) is 5.21. The molecule has 0 fully saturated rings. The summed E-state index contributed by atoms with van der Waals surface area (Å²) in [5.74, 6) is 0.0706. The Kier molecular flexibility index (Phi) is 4.36. The summed E-state index contributed by atoms with van der Waals surface area (Å²) in [6, 6.07) is 5.80. The quantitative estimate of drug-likeness (QED) is 0.825. The fourth-order valence-electron chi connectivity index (χ4n) is 1.57. The Hall–Kier alpha value is -0.830. The molecule has 2 nitrogen and oxygen atoms in total. The van der Waals surface area contributed by atoms with E-state index in [4.69, 9.17) is 0 Å². The van der Waals surface area contributed by atoms with Gasteiger partial charge in [-0.2, -0.15) is 0 Å². The molecule has 17 heavy (non-hydrogen) atoms. The zero-order valence-corrected chi connectivity index (χ0v) is 12.8. The van der Waals surface area contributed by atoms with Crippen molar-refractivity contribution in [3.8, 4) is 0 Å². The third-order valence-electron chi connectivity index (χ3n) is 3.37. The lowest BCUT2D eigenvalue weighted by Crippen LogP contribution is -2.44. The van der Waals surface area contributed by atoms with Gasteiger partial charge in [-0.15, -0.1) is 0 Å². The van der Waals surface area contributed by atoms with Gasteiger partial charge in [-0.05, 0) is 51.0 Å². The Bertz CT molecular complexity index is 406. The first kappa shape index (κ1) is 14.2. The number of benzene rings is 1. The molecule has 0 saturated carbocycles. The fraction of sp³-hybridized carbons (Fsp3) is 0.500. The lowest BCUT2D eigenvalue weighted by atomic mass is 9.98. The Morgan fingerprint density at radius 1 is 1.35 bits per heavy atom. The summed E-state index contributed by atoms with van der Waals surface area (Å²) >= 11 is 3.43. The van der Waals surface area contributed by atoms with Crippen molar-refractivity contribution in [1.29, 1.82) is 0 Å². The van der Waals surface area contributed by atoms with Crippen LogP contribution in [0.3, 0.4) is 0 Å². The molecule has 0 aliphatic rings. The van der Waals surface area contributed by atoms with Crippen LogP contribution in [-0.2, 0) is 0 Å². The SMILES string of the molecule is CCC(C)(C)N(C)C(=O)c1cc(C)cc(Br)c1. The molecule has 0 spiro atoms. The van der Waals surface area contributed by atoms with Crippen molar-refractivity contribution in [3.63, 3.8) is 0 Å². The maximum atomic E-state index is 12.4. The molecule has 3 heteroatoms. The Balaban J connectivity index is 3.04. The highest BCUT2D eigenvalue weighted by Crippen LogP contribution is 2.22. The van der Waals surface area contributed by atoms with Crippen LogP contribution >= 0.6 is 15.9 Å². The van der Waals surface area contributed by atoms with Gasteiger partial charge in [0.05, 0.1) is 0 Å². The molecule has 0 saturated heterocycles. The van der Waals surface area contributed by atoms with E-state index >= 15 is 0 Å². The normalized spacial score (nSPS) is 11.4. The lowest BCUT2D eigenvalue weighted by Gasteiger charge is -2.35. The molecular formula is C14H20BrNO. The minimum absolute atomic E-state index is 0.0706. The average Bonchev–Trinajstić information content (AvgIpc) is 2.25. The van der Waals surface area contributed by atoms with E-state index in [9.17, 15) is 4.79 Å². The molecule has 0 aliphatic carbocycles. The van der Waals surface area contributed by atoms with Gasteiger partial charge in [-0.1, -0.05) is 22.9 Å². The van der Waals surface area contributed by atoms with Crippen molar-refractivity contribution in [2.75, 3.05) is 7.05 Å². The van der Waals surface area contributed by atoms with Gasteiger partial charge in [-0.3, -0.25) is 4.79 Å². The van der Waals surface area contributed by atoms with Gasteiger partial charge >= 0.3 is 0 Å². The van der Waals surface area contributed by atoms with Crippen molar-refractivity contribution in [3.05, 3.63) is 33.8 Å². The number of rotatable bonds is 3. The third kappa shape index (κ3) is 3.32. The monoisotopic (exact) mass is 297 g/mol. The number of hydrogen-bond acceptors (Lipinski definition) is 1. The summed E-state index contributed by atoms with van der Waals surface area (Å²) in [7, 11) is 1.86. The second-order valence-corrected chi connectivity index (χ2v) is 5.96.